The van der Waals surface area contributed by atoms with E-state index >= 15 is 0 Å². The number of nitrogens with zero attached hydrogens (tertiary/aromatic N) is 1. The van der Waals surface area contributed by atoms with Crippen LogP contribution in [0.1, 0.15) is 17.2 Å². The summed E-state index contributed by atoms with van der Waals surface area (Å²) in [5.41, 5.74) is 2.08. The van der Waals surface area contributed by atoms with Gasteiger partial charge in [0.05, 0.1) is 6.04 Å². The van der Waals surface area contributed by atoms with Crippen molar-refractivity contribution in [2.24, 2.45) is 0 Å². The molecule has 1 N–H and O–H groups in total. The quantitative estimate of drug-likeness (QED) is 0.819. The first-order chi connectivity index (χ1) is 11.1. The Kier molecular flexibility index (Phi) is 6.39. The van der Waals surface area contributed by atoms with Crippen LogP contribution in [0.25, 0.3) is 6.08 Å². The number of nitrogens with one attached hydrogen (secondary N) is 1. The summed E-state index contributed by atoms with van der Waals surface area (Å²) in [5, 5.41) is 3.60. The molecule has 4 heteroatoms. The Labute approximate surface area is 142 Å². The van der Waals surface area contributed by atoms with Gasteiger partial charge in [-0.25, -0.2) is 0 Å². The molecule has 1 atom stereocenters. The Morgan fingerprint density at radius 1 is 1.17 bits per heavy atom. The van der Waals surface area contributed by atoms with Crippen LogP contribution < -0.4 is 5.32 Å². The molecule has 0 saturated carbocycles. The number of rotatable bonds is 6. The molecule has 1 unspecified atom stereocenters. The second kappa shape index (κ2) is 8.51. The van der Waals surface area contributed by atoms with Gasteiger partial charge in [0.1, 0.15) is 0 Å². The summed E-state index contributed by atoms with van der Waals surface area (Å²) in [7, 11) is 4.01. The molecule has 2 aromatic carbocycles. The molecule has 0 aromatic heterocycles. The first kappa shape index (κ1) is 17.3. The molecule has 2 aromatic rings. The second-order valence-electron chi connectivity index (χ2n) is 5.52. The lowest BCUT2D eigenvalue weighted by Crippen LogP contribution is -2.33. The van der Waals surface area contributed by atoms with Crippen molar-refractivity contribution in [2.45, 2.75) is 6.04 Å². The molecule has 0 aliphatic carbocycles. The predicted octanol–water partition coefficient (Wildman–Crippen LogP) is 3.77. The fourth-order valence-electron chi connectivity index (χ4n) is 2.31. The Hall–Kier alpha value is -2.10. The Morgan fingerprint density at radius 2 is 1.91 bits per heavy atom. The van der Waals surface area contributed by atoms with Crippen molar-refractivity contribution in [1.82, 2.24) is 10.2 Å². The number of likely N-dealkylation sites (N-methyl/N-ethyl adjacent to an activating group) is 1. The summed E-state index contributed by atoms with van der Waals surface area (Å²) in [6, 6.07) is 17.7. The molecule has 0 radical (unpaired) electrons. The number of benzene rings is 2. The average molecular weight is 329 g/mol. The van der Waals surface area contributed by atoms with Crippen molar-refractivity contribution < 1.29 is 4.79 Å². The van der Waals surface area contributed by atoms with Crippen LogP contribution in [0.5, 0.6) is 0 Å². The molecular formula is C19H21ClN2O. The maximum atomic E-state index is 12.0. The summed E-state index contributed by atoms with van der Waals surface area (Å²) in [4.78, 5) is 14.1. The molecule has 0 bridgehead atoms. The lowest BCUT2D eigenvalue weighted by Gasteiger charge is -2.24. The standard InChI is InChI=1S/C19H21ClN2O/c1-22(2)18(16-8-4-3-5-9-16)14-21-19(23)12-11-15-7-6-10-17(20)13-15/h3-13,18H,14H2,1-2H3,(H,21,23)/b12-11+. The van der Waals surface area contributed by atoms with Gasteiger partial charge in [-0.15, -0.1) is 0 Å². The van der Waals surface area contributed by atoms with Crippen molar-refractivity contribution >= 4 is 23.6 Å². The van der Waals surface area contributed by atoms with Gasteiger partial charge in [0, 0.05) is 17.6 Å². The molecule has 3 nitrogen and oxygen atoms in total. The van der Waals surface area contributed by atoms with E-state index in [1.54, 1.807) is 12.1 Å². The zero-order chi connectivity index (χ0) is 16.7. The number of carbonyl (C=O) groups excluding carboxylic acids is 1. The normalized spacial score (nSPS) is 12.5. The van der Waals surface area contributed by atoms with Gasteiger partial charge < -0.3 is 10.2 Å². The molecule has 1 amide bonds. The van der Waals surface area contributed by atoms with Crippen molar-refractivity contribution in [3.05, 3.63) is 76.8 Å². The molecule has 120 valence electrons. The zero-order valence-electron chi connectivity index (χ0n) is 13.4. The second-order valence-corrected chi connectivity index (χ2v) is 5.96. The fourth-order valence-corrected chi connectivity index (χ4v) is 2.51. The van der Waals surface area contributed by atoms with Crippen LogP contribution in [0.3, 0.4) is 0 Å². The minimum Gasteiger partial charge on any atom is -0.351 e. The topological polar surface area (TPSA) is 32.3 Å². The number of hydrogen-bond donors (Lipinski definition) is 1. The Bertz CT molecular complexity index is 668. The lowest BCUT2D eigenvalue weighted by molar-refractivity contribution is -0.116. The average Bonchev–Trinajstić information content (AvgIpc) is 2.54. The van der Waals surface area contributed by atoms with Gasteiger partial charge in [0.2, 0.25) is 5.91 Å². The van der Waals surface area contributed by atoms with E-state index in [0.29, 0.717) is 11.6 Å². The van der Waals surface area contributed by atoms with E-state index in [1.165, 1.54) is 11.6 Å². The van der Waals surface area contributed by atoms with E-state index in [1.807, 2.05) is 50.5 Å². The monoisotopic (exact) mass is 328 g/mol. The molecule has 0 heterocycles. The number of hydrogen-bond acceptors (Lipinski definition) is 2. The van der Waals surface area contributed by atoms with Gasteiger partial charge in [-0.2, -0.15) is 0 Å². The van der Waals surface area contributed by atoms with Crippen LogP contribution in [-0.4, -0.2) is 31.4 Å². The molecule has 23 heavy (non-hydrogen) atoms. The van der Waals surface area contributed by atoms with E-state index in [0.717, 1.165) is 5.56 Å². The maximum Gasteiger partial charge on any atom is 0.244 e. The molecule has 0 fully saturated rings. The predicted molar refractivity (Wildman–Crippen MR) is 96.4 cm³/mol. The van der Waals surface area contributed by atoms with Crippen molar-refractivity contribution in [1.29, 1.82) is 0 Å². The SMILES string of the molecule is CN(C)C(CNC(=O)/C=C/c1cccc(Cl)c1)c1ccccc1. The first-order valence-electron chi connectivity index (χ1n) is 7.49. The molecule has 0 spiro atoms. The third-order valence-corrected chi connectivity index (χ3v) is 3.79. The van der Waals surface area contributed by atoms with Crippen LogP contribution >= 0.6 is 11.6 Å². The van der Waals surface area contributed by atoms with Crippen molar-refractivity contribution in [3.8, 4) is 0 Å². The zero-order valence-corrected chi connectivity index (χ0v) is 14.1. The van der Waals surface area contributed by atoms with E-state index in [4.69, 9.17) is 11.6 Å². The molecule has 0 aliphatic heterocycles. The lowest BCUT2D eigenvalue weighted by atomic mass is 10.1. The molecular weight excluding hydrogens is 308 g/mol. The molecule has 0 saturated heterocycles. The number of amides is 1. The summed E-state index contributed by atoms with van der Waals surface area (Å²) >= 11 is 5.93. The summed E-state index contributed by atoms with van der Waals surface area (Å²) in [5.74, 6) is -0.118. The van der Waals surface area contributed by atoms with Gasteiger partial charge in [0.15, 0.2) is 0 Å². The Balaban J connectivity index is 1.94. The van der Waals surface area contributed by atoms with Gasteiger partial charge in [-0.1, -0.05) is 54.1 Å². The van der Waals surface area contributed by atoms with Gasteiger partial charge in [-0.05, 0) is 43.4 Å². The van der Waals surface area contributed by atoms with Crippen molar-refractivity contribution in [2.75, 3.05) is 20.6 Å². The van der Waals surface area contributed by atoms with Crippen LogP contribution in [0, 0.1) is 0 Å². The van der Waals surface area contributed by atoms with E-state index in [9.17, 15) is 4.79 Å². The van der Waals surface area contributed by atoms with E-state index < -0.39 is 0 Å². The van der Waals surface area contributed by atoms with Gasteiger partial charge in [-0.3, -0.25) is 4.79 Å². The summed E-state index contributed by atoms with van der Waals surface area (Å²) < 4.78 is 0. The maximum absolute atomic E-state index is 12.0. The Morgan fingerprint density at radius 3 is 2.57 bits per heavy atom. The highest BCUT2D eigenvalue weighted by Crippen LogP contribution is 2.16. The van der Waals surface area contributed by atoms with Crippen molar-refractivity contribution in [3.63, 3.8) is 0 Å². The highest BCUT2D eigenvalue weighted by atomic mass is 35.5. The van der Waals surface area contributed by atoms with Gasteiger partial charge in [0.25, 0.3) is 0 Å². The van der Waals surface area contributed by atoms with Crippen LogP contribution in [0.15, 0.2) is 60.7 Å². The van der Waals surface area contributed by atoms with Gasteiger partial charge >= 0.3 is 0 Å². The minimum absolute atomic E-state index is 0.118. The van der Waals surface area contributed by atoms with Crippen LogP contribution in [-0.2, 0) is 4.79 Å². The highest BCUT2D eigenvalue weighted by molar-refractivity contribution is 6.30. The first-order valence-corrected chi connectivity index (χ1v) is 7.87. The smallest absolute Gasteiger partial charge is 0.244 e. The summed E-state index contributed by atoms with van der Waals surface area (Å²) in [6.45, 7) is 0.551. The summed E-state index contributed by atoms with van der Waals surface area (Å²) in [6.07, 6.45) is 3.29. The third kappa shape index (κ3) is 5.55. The fraction of sp³-hybridized carbons (Fsp3) is 0.211. The van der Waals surface area contributed by atoms with Crippen LogP contribution in [0.2, 0.25) is 5.02 Å². The number of carbonyl (C=O) groups is 1. The molecule has 2 rings (SSSR count). The number of halogens is 1. The van der Waals surface area contributed by atoms with E-state index in [2.05, 4.69) is 22.3 Å². The van der Waals surface area contributed by atoms with Crippen LogP contribution in [0.4, 0.5) is 0 Å². The van der Waals surface area contributed by atoms with E-state index in [-0.39, 0.29) is 11.9 Å². The minimum atomic E-state index is -0.118. The largest absolute Gasteiger partial charge is 0.351 e. The molecule has 0 aliphatic rings. The highest BCUT2D eigenvalue weighted by Gasteiger charge is 2.13. The third-order valence-electron chi connectivity index (χ3n) is 3.55.